The van der Waals surface area contributed by atoms with Gasteiger partial charge in [0.05, 0.1) is 13.2 Å². The minimum Gasteiger partial charge on any atom is -0.462 e. The molecule has 0 aliphatic carbocycles. The van der Waals surface area contributed by atoms with Crippen molar-refractivity contribution in [1.29, 1.82) is 0 Å². The Kier molecular flexibility index (Phi) is 6.62. The van der Waals surface area contributed by atoms with Gasteiger partial charge in [-0.05, 0) is 54.4 Å². The first-order valence-corrected chi connectivity index (χ1v) is 8.20. The molecule has 1 aliphatic rings. The van der Waals surface area contributed by atoms with Crippen LogP contribution in [0.3, 0.4) is 0 Å². The number of piperidine rings is 1. The molecule has 1 heterocycles. The van der Waals surface area contributed by atoms with E-state index in [2.05, 4.69) is 38.3 Å². The predicted octanol–water partition coefficient (Wildman–Crippen LogP) is 1.90. The van der Waals surface area contributed by atoms with Crippen LogP contribution in [0, 0.1) is 0 Å². The van der Waals surface area contributed by atoms with E-state index in [4.69, 9.17) is 9.47 Å². The number of esters is 2. The van der Waals surface area contributed by atoms with Gasteiger partial charge in [-0.15, -0.1) is 0 Å². The minimum absolute atomic E-state index is 0.0265. The average Bonchev–Trinajstić information content (AvgIpc) is 2.35. The largest absolute Gasteiger partial charge is 0.462 e. The summed E-state index contributed by atoms with van der Waals surface area (Å²) in [5.41, 5.74) is -0.148. The smallest absolute Gasteiger partial charge is 0.347 e. The van der Waals surface area contributed by atoms with Crippen molar-refractivity contribution in [2.24, 2.45) is 0 Å². The standard InChI is InChI=1S/C17H30N2O4/c1-7-22-14(20)13(15(21)23-8-2)11-18-12-9-16(3,4)19-17(5,6)10-12/h11-12,18-19H,7-10H2,1-6H3. The van der Waals surface area contributed by atoms with Crippen molar-refractivity contribution in [1.82, 2.24) is 10.6 Å². The Morgan fingerprint density at radius 3 is 1.87 bits per heavy atom. The molecule has 132 valence electrons. The Morgan fingerprint density at radius 2 is 1.48 bits per heavy atom. The molecule has 0 unspecified atom stereocenters. The van der Waals surface area contributed by atoms with Gasteiger partial charge in [-0.1, -0.05) is 0 Å². The molecule has 1 rings (SSSR count). The number of hydrogen-bond acceptors (Lipinski definition) is 6. The molecule has 0 atom stereocenters. The summed E-state index contributed by atoms with van der Waals surface area (Å²) in [7, 11) is 0. The summed E-state index contributed by atoms with van der Waals surface area (Å²) in [6.07, 6.45) is 3.20. The monoisotopic (exact) mass is 326 g/mol. The second-order valence-corrected chi connectivity index (χ2v) is 7.16. The number of ether oxygens (including phenoxy) is 2. The van der Waals surface area contributed by atoms with E-state index in [1.165, 1.54) is 6.20 Å². The number of hydrogen-bond donors (Lipinski definition) is 2. The lowest BCUT2D eigenvalue weighted by Crippen LogP contribution is -2.61. The molecule has 0 aromatic rings. The molecule has 0 aromatic heterocycles. The van der Waals surface area contributed by atoms with Gasteiger partial charge in [0.1, 0.15) is 0 Å². The highest BCUT2D eigenvalue weighted by Crippen LogP contribution is 2.28. The van der Waals surface area contributed by atoms with Crippen LogP contribution in [0.5, 0.6) is 0 Å². The van der Waals surface area contributed by atoms with Crippen molar-refractivity contribution in [3.05, 3.63) is 11.8 Å². The van der Waals surface area contributed by atoms with Gasteiger partial charge in [-0.3, -0.25) is 0 Å². The number of carbonyl (C=O) groups is 2. The van der Waals surface area contributed by atoms with E-state index in [1.807, 2.05) is 0 Å². The van der Waals surface area contributed by atoms with E-state index < -0.39 is 11.9 Å². The van der Waals surface area contributed by atoms with Crippen molar-refractivity contribution in [3.63, 3.8) is 0 Å². The zero-order valence-corrected chi connectivity index (χ0v) is 15.1. The first-order valence-electron chi connectivity index (χ1n) is 8.20. The lowest BCUT2D eigenvalue weighted by atomic mass is 9.79. The van der Waals surface area contributed by atoms with Crippen LogP contribution in [0.4, 0.5) is 0 Å². The van der Waals surface area contributed by atoms with E-state index in [-0.39, 0.29) is 35.9 Å². The Labute approximate surface area is 139 Å². The summed E-state index contributed by atoms with van der Waals surface area (Å²) in [6, 6.07) is 0.153. The fourth-order valence-electron chi connectivity index (χ4n) is 3.26. The second kappa shape index (κ2) is 7.81. The molecule has 6 heteroatoms. The normalized spacial score (nSPS) is 19.6. The molecule has 0 spiro atoms. The van der Waals surface area contributed by atoms with Gasteiger partial charge in [-0.2, -0.15) is 0 Å². The van der Waals surface area contributed by atoms with E-state index >= 15 is 0 Å². The lowest BCUT2D eigenvalue weighted by Gasteiger charge is -2.46. The third-order valence-corrected chi connectivity index (χ3v) is 3.64. The minimum atomic E-state index is -0.661. The van der Waals surface area contributed by atoms with E-state index in [0.717, 1.165) is 12.8 Å². The molecule has 0 radical (unpaired) electrons. The Balaban J connectivity index is 2.86. The zero-order chi connectivity index (χ0) is 17.7. The van der Waals surface area contributed by atoms with Crippen molar-refractivity contribution >= 4 is 11.9 Å². The molecule has 0 bridgehead atoms. The maximum Gasteiger partial charge on any atom is 0.347 e. The van der Waals surface area contributed by atoms with Crippen LogP contribution in [-0.4, -0.2) is 42.3 Å². The van der Waals surface area contributed by atoms with Gasteiger partial charge in [0.2, 0.25) is 0 Å². The zero-order valence-electron chi connectivity index (χ0n) is 15.1. The summed E-state index contributed by atoms with van der Waals surface area (Å²) in [6.45, 7) is 12.4. The highest BCUT2D eigenvalue weighted by molar-refractivity contribution is 6.13. The highest BCUT2D eigenvalue weighted by atomic mass is 16.6. The quantitative estimate of drug-likeness (QED) is 0.336. The molecule has 1 aliphatic heterocycles. The maximum absolute atomic E-state index is 11.9. The molecule has 0 aromatic carbocycles. The summed E-state index contributed by atoms with van der Waals surface area (Å²) >= 11 is 0. The van der Waals surface area contributed by atoms with Crippen LogP contribution in [0.2, 0.25) is 0 Å². The van der Waals surface area contributed by atoms with Gasteiger partial charge in [0, 0.05) is 23.3 Å². The van der Waals surface area contributed by atoms with Crippen LogP contribution < -0.4 is 10.6 Å². The summed E-state index contributed by atoms with van der Waals surface area (Å²) in [5, 5.41) is 6.80. The number of carbonyl (C=O) groups excluding carboxylic acids is 2. The molecular weight excluding hydrogens is 296 g/mol. The number of nitrogens with one attached hydrogen (secondary N) is 2. The van der Waals surface area contributed by atoms with Crippen LogP contribution >= 0.6 is 0 Å². The first kappa shape index (κ1) is 19.5. The Morgan fingerprint density at radius 1 is 1.04 bits per heavy atom. The molecular formula is C17H30N2O4. The summed E-state index contributed by atoms with van der Waals surface area (Å²) < 4.78 is 9.87. The first-order chi connectivity index (χ1) is 10.6. The van der Waals surface area contributed by atoms with Crippen molar-refractivity contribution < 1.29 is 19.1 Å². The van der Waals surface area contributed by atoms with Crippen molar-refractivity contribution in [3.8, 4) is 0 Å². The fourth-order valence-corrected chi connectivity index (χ4v) is 3.26. The van der Waals surface area contributed by atoms with Crippen molar-refractivity contribution in [2.45, 2.75) is 71.5 Å². The second-order valence-electron chi connectivity index (χ2n) is 7.16. The van der Waals surface area contributed by atoms with Crippen LogP contribution in [-0.2, 0) is 19.1 Å². The predicted molar refractivity (Wildman–Crippen MR) is 88.8 cm³/mol. The van der Waals surface area contributed by atoms with Gasteiger partial charge >= 0.3 is 11.9 Å². The van der Waals surface area contributed by atoms with Gasteiger partial charge in [-0.25, -0.2) is 9.59 Å². The third-order valence-electron chi connectivity index (χ3n) is 3.64. The average molecular weight is 326 g/mol. The summed E-state index contributed by atoms with van der Waals surface area (Å²) in [5.74, 6) is -1.32. The molecule has 23 heavy (non-hydrogen) atoms. The molecule has 1 saturated heterocycles. The molecule has 1 fully saturated rings. The molecule has 0 saturated carbocycles. The van der Waals surface area contributed by atoms with Crippen LogP contribution in [0.15, 0.2) is 11.8 Å². The molecule has 2 N–H and O–H groups in total. The maximum atomic E-state index is 11.9. The van der Waals surface area contributed by atoms with E-state index in [1.54, 1.807) is 13.8 Å². The summed E-state index contributed by atoms with van der Waals surface area (Å²) in [4.78, 5) is 23.9. The highest BCUT2D eigenvalue weighted by Gasteiger charge is 2.37. The van der Waals surface area contributed by atoms with E-state index in [0.29, 0.717) is 0 Å². The third kappa shape index (κ3) is 6.22. The van der Waals surface area contributed by atoms with Crippen LogP contribution in [0.25, 0.3) is 0 Å². The molecule has 0 amide bonds. The topological polar surface area (TPSA) is 76.7 Å². The Hall–Kier alpha value is -1.56. The van der Waals surface area contributed by atoms with Gasteiger partial charge < -0.3 is 20.1 Å². The van der Waals surface area contributed by atoms with Crippen LogP contribution in [0.1, 0.15) is 54.4 Å². The van der Waals surface area contributed by atoms with Crippen molar-refractivity contribution in [2.75, 3.05) is 13.2 Å². The fraction of sp³-hybridized carbons (Fsp3) is 0.765. The lowest BCUT2D eigenvalue weighted by molar-refractivity contribution is -0.146. The SMILES string of the molecule is CCOC(=O)C(=CNC1CC(C)(C)NC(C)(C)C1)C(=O)OCC. The van der Waals surface area contributed by atoms with E-state index in [9.17, 15) is 9.59 Å². The Bertz CT molecular complexity index is 433. The van der Waals surface area contributed by atoms with Gasteiger partial charge in [0.15, 0.2) is 5.57 Å². The van der Waals surface area contributed by atoms with Gasteiger partial charge in [0.25, 0.3) is 0 Å². The molecule has 6 nitrogen and oxygen atoms in total. The number of rotatable bonds is 6.